The average molecular weight is 377 g/mol. The molecular weight excluding hydrogens is 360 g/mol. The summed E-state index contributed by atoms with van der Waals surface area (Å²) < 4.78 is 54.5. The third-order valence-electron chi connectivity index (χ3n) is 4.42. The average Bonchev–Trinajstić information content (AvgIpc) is 2.62. The van der Waals surface area contributed by atoms with Gasteiger partial charge >= 0.3 is 0 Å². The van der Waals surface area contributed by atoms with Crippen LogP contribution in [0.15, 0.2) is 47.4 Å². The minimum Gasteiger partial charge on any atom is -0.366 e. The summed E-state index contributed by atoms with van der Waals surface area (Å²) in [6, 6.07) is 10.8. The van der Waals surface area contributed by atoms with E-state index in [1.54, 1.807) is 36.1 Å². The van der Waals surface area contributed by atoms with Gasteiger partial charge in [-0.05, 0) is 37.3 Å². The maximum atomic E-state index is 14.0. The Bertz CT molecular complexity index is 973. The molecule has 1 saturated heterocycles. The van der Waals surface area contributed by atoms with Crippen molar-refractivity contribution in [2.75, 3.05) is 24.5 Å². The molecule has 0 N–H and O–H groups in total. The van der Waals surface area contributed by atoms with Gasteiger partial charge in [0.1, 0.15) is 17.7 Å². The van der Waals surface area contributed by atoms with E-state index >= 15 is 0 Å². The van der Waals surface area contributed by atoms with Crippen LogP contribution in [0.4, 0.5) is 14.5 Å². The van der Waals surface area contributed by atoms with Crippen molar-refractivity contribution in [2.45, 2.75) is 17.9 Å². The van der Waals surface area contributed by atoms with Crippen LogP contribution in [0.5, 0.6) is 0 Å². The maximum absolute atomic E-state index is 14.0. The van der Waals surface area contributed by atoms with Gasteiger partial charge in [-0.1, -0.05) is 12.1 Å². The van der Waals surface area contributed by atoms with Crippen molar-refractivity contribution in [3.8, 4) is 6.07 Å². The molecule has 1 unspecified atom stereocenters. The van der Waals surface area contributed by atoms with E-state index in [4.69, 9.17) is 5.26 Å². The molecule has 1 aliphatic rings. The fourth-order valence-corrected chi connectivity index (χ4v) is 4.75. The van der Waals surface area contributed by atoms with Crippen LogP contribution in [0, 0.1) is 23.0 Å². The van der Waals surface area contributed by atoms with Gasteiger partial charge in [-0.15, -0.1) is 0 Å². The number of nitrogens with zero attached hydrogens (tertiary/aromatic N) is 3. The van der Waals surface area contributed by atoms with Crippen LogP contribution in [0.1, 0.15) is 12.5 Å². The highest BCUT2D eigenvalue weighted by Crippen LogP contribution is 2.26. The Labute approximate surface area is 151 Å². The van der Waals surface area contributed by atoms with Gasteiger partial charge in [0.15, 0.2) is 0 Å². The van der Waals surface area contributed by atoms with Crippen LogP contribution in [0.25, 0.3) is 0 Å². The molecule has 2 aromatic rings. The van der Waals surface area contributed by atoms with Gasteiger partial charge in [-0.25, -0.2) is 17.2 Å². The molecule has 3 rings (SSSR count). The Morgan fingerprint density at radius 1 is 1.12 bits per heavy atom. The van der Waals surface area contributed by atoms with Gasteiger partial charge in [0.25, 0.3) is 0 Å². The Kier molecular flexibility index (Phi) is 4.94. The van der Waals surface area contributed by atoms with E-state index in [1.165, 1.54) is 10.4 Å². The molecule has 0 aromatic heterocycles. The number of hydrogen-bond donors (Lipinski definition) is 0. The third-order valence-corrected chi connectivity index (χ3v) is 6.43. The SMILES string of the molecule is CC1CN(c2ccccc2F)CCN1S(=O)(=O)c1ccc(F)c(C#N)c1. The van der Waals surface area contributed by atoms with Crippen molar-refractivity contribution in [1.29, 1.82) is 5.26 Å². The van der Waals surface area contributed by atoms with Crippen molar-refractivity contribution in [1.82, 2.24) is 4.31 Å². The van der Waals surface area contributed by atoms with Crippen LogP contribution in [-0.2, 0) is 10.0 Å². The third kappa shape index (κ3) is 3.28. The molecule has 1 heterocycles. The number of nitriles is 1. The Morgan fingerprint density at radius 3 is 2.50 bits per heavy atom. The van der Waals surface area contributed by atoms with Crippen LogP contribution in [-0.4, -0.2) is 38.4 Å². The number of benzene rings is 2. The second-order valence-corrected chi connectivity index (χ2v) is 8.01. The zero-order chi connectivity index (χ0) is 18.9. The highest BCUT2D eigenvalue weighted by atomic mass is 32.2. The van der Waals surface area contributed by atoms with E-state index in [1.807, 2.05) is 0 Å². The summed E-state index contributed by atoms with van der Waals surface area (Å²) in [7, 11) is -3.88. The maximum Gasteiger partial charge on any atom is 0.243 e. The fourth-order valence-electron chi connectivity index (χ4n) is 3.11. The topological polar surface area (TPSA) is 64.4 Å². The first kappa shape index (κ1) is 18.3. The van der Waals surface area contributed by atoms with Crippen molar-refractivity contribution in [3.63, 3.8) is 0 Å². The summed E-state index contributed by atoms with van der Waals surface area (Å²) in [6.45, 7) is 2.56. The molecule has 26 heavy (non-hydrogen) atoms. The lowest BCUT2D eigenvalue weighted by Crippen LogP contribution is -2.54. The zero-order valence-electron chi connectivity index (χ0n) is 14.1. The molecule has 0 aliphatic carbocycles. The van der Waals surface area contributed by atoms with E-state index in [-0.39, 0.29) is 22.8 Å². The molecule has 0 radical (unpaired) electrons. The molecule has 1 atom stereocenters. The van der Waals surface area contributed by atoms with Gasteiger partial charge in [-0.2, -0.15) is 9.57 Å². The van der Waals surface area contributed by atoms with Crippen LogP contribution in [0.2, 0.25) is 0 Å². The van der Waals surface area contributed by atoms with Gasteiger partial charge in [0, 0.05) is 25.7 Å². The minimum atomic E-state index is -3.88. The lowest BCUT2D eigenvalue weighted by atomic mass is 10.2. The lowest BCUT2D eigenvalue weighted by molar-refractivity contribution is 0.305. The molecule has 0 amide bonds. The monoisotopic (exact) mass is 377 g/mol. The second kappa shape index (κ2) is 7.02. The second-order valence-electron chi connectivity index (χ2n) is 6.12. The Balaban J connectivity index is 1.85. The van der Waals surface area contributed by atoms with Crippen molar-refractivity contribution >= 4 is 15.7 Å². The zero-order valence-corrected chi connectivity index (χ0v) is 14.9. The van der Waals surface area contributed by atoms with E-state index in [0.717, 1.165) is 18.2 Å². The number of rotatable bonds is 3. The highest BCUT2D eigenvalue weighted by Gasteiger charge is 2.34. The van der Waals surface area contributed by atoms with Crippen molar-refractivity contribution in [3.05, 3.63) is 59.7 Å². The summed E-state index contributed by atoms with van der Waals surface area (Å²) in [5.41, 5.74) is 0.119. The van der Waals surface area contributed by atoms with Gasteiger partial charge < -0.3 is 4.90 Å². The van der Waals surface area contributed by atoms with Gasteiger partial charge in [-0.3, -0.25) is 0 Å². The molecule has 1 aliphatic heterocycles. The van der Waals surface area contributed by atoms with E-state index in [9.17, 15) is 17.2 Å². The summed E-state index contributed by atoms with van der Waals surface area (Å²) in [4.78, 5) is 1.68. The quantitative estimate of drug-likeness (QED) is 0.825. The number of hydrogen-bond acceptors (Lipinski definition) is 4. The largest absolute Gasteiger partial charge is 0.366 e. The fraction of sp³-hybridized carbons (Fsp3) is 0.278. The summed E-state index contributed by atoms with van der Waals surface area (Å²) in [6.07, 6.45) is 0. The van der Waals surface area contributed by atoms with E-state index in [0.29, 0.717) is 18.8 Å². The van der Waals surface area contributed by atoms with E-state index in [2.05, 4.69) is 0 Å². The minimum absolute atomic E-state index is 0.123. The molecule has 2 aromatic carbocycles. The first-order valence-corrected chi connectivity index (χ1v) is 9.49. The molecule has 0 spiro atoms. The predicted molar refractivity (Wildman–Crippen MR) is 93.1 cm³/mol. The van der Waals surface area contributed by atoms with Gasteiger partial charge in [0.2, 0.25) is 10.0 Å². The molecule has 136 valence electrons. The number of para-hydroxylation sites is 1. The van der Waals surface area contributed by atoms with E-state index < -0.39 is 21.9 Å². The predicted octanol–water partition coefficient (Wildman–Crippen LogP) is 2.74. The van der Waals surface area contributed by atoms with Crippen LogP contribution >= 0.6 is 0 Å². The summed E-state index contributed by atoms with van der Waals surface area (Å²) >= 11 is 0. The van der Waals surface area contributed by atoms with Crippen molar-refractivity contribution < 1.29 is 17.2 Å². The number of halogens is 2. The molecule has 5 nitrogen and oxygen atoms in total. The number of anilines is 1. The van der Waals surface area contributed by atoms with Crippen LogP contribution < -0.4 is 4.90 Å². The standard InChI is InChI=1S/C18H17F2N3O2S/c1-13-12-22(18-5-3-2-4-17(18)20)8-9-23(13)26(24,25)15-6-7-16(19)14(10-15)11-21/h2-7,10,13H,8-9,12H2,1H3. The number of sulfonamides is 1. The smallest absolute Gasteiger partial charge is 0.243 e. The molecule has 8 heteroatoms. The highest BCUT2D eigenvalue weighted by molar-refractivity contribution is 7.89. The number of piperazine rings is 1. The molecule has 0 saturated carbocycles. The molecule has 1 fully saturated rings. The van der Waals surface area contributed by atoms with Crippen molar-refractivity contribution in [2.24, 2.45) is 0 Å². The lowest BCUT2D eigenvalue weighted by Gasteiger charge is -2.40. The Morgan fingerprint density at radius 2 is 1.85 bits per heavy atom. The molecular formula is C18H17F2N3O2S. The van der Waals surface area contributed by atoms with Gasteiger partial charge in [0.05, 0.1) is 16.1 Å². The molecule has 0 bridgehead atoms. The van der Waals surface area contributed by atoms with Crippen LogP contribution in [0.3, 0.4) is 0 Å². The summed E-state index contributed by atoms with van der Waals surface area (Å²) in [5, 5.41) is 8.92. The first-order chi connectivity index (χ1) is 12.3. The Hall–Kier alpha value is -2.50. The first-order valence-electron chi connectivity index (χ1n) is 8.05. The summed E-state index contributed by atoms with van der Waals surface area (Å²) in [5.74, 6) is -1.11. The normalized spacial score (nSPS) is 18.5.